The van der Waals surface area contributed by atoms with Crippen LogP contribution >= 0.6 is 0 Å². The fourth-order valence-corrected chi connectivity index (χ4v) is 2.09. The Balaban J connectivity index is 2.24. The summed E-state index contributed by atoms with van der Waals surface area (Å²) in [6, 6.07) is 8.82. The SMILES string of the molecule is COc1ccc(C(O)Cc2cccc(F)c2F)cc1OC. The minimum atomic E-state index is -0.971. The number of halogens is 2. The van der Waals surface area contributed by atoms with Crippen LogP contribution in [0, 0.1) is 11.6 Å². The van der Waals surface area contributed by atoms with Gasteiger partial charge in [0.2, 0.25) is 0 Å². The van der Waals surface area contributed by atoms with Crippen LogP contribution in [0.25, 0.3) is 0 Å². The summed E-state index contributed by atoms with van der Waals surface area (Å²) in [5, 5.41) is 10.2. The highest BCUT2D eigenvalue weighted by atomic mass is 19.2. The van der Waals surface area contributed by atoms with E-state index in [-0.39, 0.29) is 12.0 Å². The molecule has 0 spiro atoms. The number of hydrogen-bond donors (Lipinski definition) is 1. The average Bonchev–Trinajstić information content (AvgIpc) is 2.51. The van der Waals surface area contributed by atoms with E-state index in [0.29, 0.717) is 17.1 Å². The predicted molar refractivity (Wildman–Crippen MR) is 74.6 cm³/mol. The molecule has 2 aromatic carbocycles. The molecule has 1 atom stereocenters. The van der Waals surface area contributed by atoms with Crippen molar-refractivity contribution in [1.82, 2.24) is 0 Å². The van der Waals surface area contributed by atoms with E-state index in [1.807, 2.05) is 0 Å². The maximum atomic E-state index is 13.6. The smallest absolute Gasteiger partial charge is 0.162 e. The van der Waals surface area contributed by atoms with Gasteiger partial charge in [-0.05, 0) is 29.3 Å². The third-order valence-electron chi connectivity index (χ3n) is 3.24. The zero-order valence-corrected chi connectivity index (χ0v) is 11.8. The molecule has 2 rings (SSSR count). The molecule has 0 fully saturated rings. The lowest BCUT2D eigenvalue weighted by molar-refractivity contribution is 0.176. The highest BCUT2D eigenvalue weighted by molar-refractivity contribution is 5.43. The molecule has 5 heteroatoms. The summed E-state index contributed by atoms with van der Waals surface area (Å²) >= 11 is 0. The van der Waals surface area contributed by atoms with Crippen LogP contribution in [0.3, 0.4) is 0 Å². The Labute approximate surface area is 121 Å². The van der Waals surface area contributed by atoms with Crippen LogP contribution < -0.4 is 9.47 Å². The Morgan fingerprint density at radius 1 is 1.05 bits per heavy atom. The Morgan fingerprint density at radius 3 is 2.43 bits per heavy atom. The Kier molecular flexibility index (Phi) is 4.75. The number of ether oxygens (including phenoxy) is 2. The predicted octanol–water partition coefficient (Wildman–Crippen LogP) is 3.26. The minimum absolute atomic E-state index is 0.0287. The van der Waals surface area contributed by atoms with Crippen molar-refractivity contribution in [2.24, 2.45) is 0 Å². The van der Waals surface area contributed by atoms with Crippen LogP contribution in [-0.4, -0.2) is 19.3 Å². The van der Waals surface area contributed by atoms with Crippen molar-refractivity contribution >= 4 is 0 Å². The zero-order valence-electron chi connectivity index (χ0n) is 11.8. The van der Waals surface area contributed by atoms with Gasteiger partial charge in [0.15, 0.2) is 23.1 Å². The molecule has 0 aliphatic heterocycles. The second-order valence-corrected chi connectivity index (χ2v) is 4.55. The molecule has 0 amide bonds. The summed E-state index contributed by atoms with van der Waals surface area (Å²) < 4.78 is 37.0. The molecule has 21 heavy (non-hydrogen) atoms. The van der Waals surface area contributed by atoms with E-state index in [1.54, 1.807) is 18.2 Å². The number of aliphatic hydroxyl groups is 1. The molecule has 112 valence electrons. The topological polar surface area (TPSA) is 38.7 Å². The van der Waals surface area contributed by atoms with Gasteiger partial charge in [0.25, 0.3) is 0 Å². The Morgan fingerprint density at radius 2 is 1.76 bits per heavy atom. The molecule has 0 heterocycles. The van der Waals surface area contributed by atoms with Gasteiger partial charge in [0, 0.05) is 6.42 Å². The first kappa shape index (κ1) is 15.3. The molecule has 0 aromatic heterocycles. The first-order chi connectivity index (χ1) is 10.1. The number of rotatable bonds is 5. The fourth-order valence-electron chi connectivity index (χ4n) is 2.09. The van der Waals surface area contributed by atoms with Crippen LogP contribution in [0.5, 0.6) is 11.5 Å². The summed E-state index contributed by atoms with van der Waals surface area (Å²) in [4.78, 5) is 0. The molecule has 2 aromatic rings. The van der Waals surface area contributed by atoms with Crippen molar-refractivity contribution in [3.63, 3.8) is 0 Å². The van der Waals surface area contributed by atoms with Gasteiger partial charge in [-0.1, -0.05) is 18.2 Å². The van der Waals surface area contributed by atoms with Crippen molar-refractivity contribution in [3.05, 3.63) is 59.2 Å². The summed E-state index contributed by atoms with van der Waals surface area (Å²) in [5.74, 6) is -0.858. The molecular formula is C16H16F2O3. The monoisotopic (exact) mass is 294 g/mol. The van der Waals surface area contributed by atoms with E-state index in [2.05, 4.69) is 0 Å². The van der Waals surface area contributed by atoms with Gasteiger partial charge < -0.3 is 14.6 Å². The third-order valence-corrected chi connectivity index (χ3v) is 3.24. The van der Waals surface area contributed by atoms with Gasteiger partial charge >= 0.3 is 0 Å². The highest BCUT2D eigenvalue weighted by Crippen LogP contribution is 2.31. The molecule has 0 aliphatic carbocycles. The van der Waals surface area contributed by atoms with E-state index in [1.165, 1.54) is 26.4 Å². The van der Waals surface area contributed by atoms with Gasteiger partial charge in [0.1, 0.15) is 0 Å². The lowest BCUT2D eigenvalue weighted by atomic mass is 10.0. The first-order valence-electron chi connectivity index (χ1n) is 6.39. The van der Waals surface area contributed by atoms with Crippen molar-refractivity contribution in [3.8, 4) is 11.5 Å². The Bertz CT molecular complexity index is 629. The van der Waals surface area contributed by atoms with Crippen LogP contribution in [0.4, 0.5) is 8.78 Å². The standard InChI is InChI=1S/C16H16F2O3/c1-20-14-7-6-10(9-15(14)21-2)13(19)8-11-4-3-5-12(17)16(11)18/h3-7,9,13,19H,8H2,1-2H3. The number of aliphatic hydroxyl groups excluding tert-OH is 1. The van der Waals surface area contributed by atoms with E-state index < -0.39 is 17.7 Å². The summed E-state index contributed by atoms with van der Waals surface area (Å²) in [7, 11) is 3.00. The quantitative estimate of drug-likeness (QED) is 0.920. The highest BCUT2D eigenvalue weighted by Gasteiger charge is 2.16. The maximum Gasteiger partial charge on any atom is 0.162 e. The van der Waals surface area contributed by atoms with Gasteiger partial charge in [-0.3, -0.25) is 0 Å². The summed E-state index contributed by atoms with van der Waals surface area (Å²) in [6.07, 6.45) is -1.000. The first-order valence-corrected chi connectivity index (χ1v) is 6.39. The second-order valence-electron chi connectivity index (χ2n) is 4.55. The van der Waals surface area contributed by atoms with Gasteiger partial charge in [-0.2, -0.15) is 0 Å². The minimum Gasteiger partial charge on any atom is -0.493 e. The van der Waals surface area contributed by atoms with Crippen LogP contribution in [0.2, 0.25) is 0 Å². The lowest BCUT2D eigenvalue weighted by Crippen LogP contribution is -2.05. The molecule has 1 N–H and O–H groups in total. The number of methoxy groups -OCH3 is 2. The molecule has 1 unspecified atom stereocenters. The van der Waals surface area contributed by atoms with Gasteiger partial charge in [-0.25, -0.2) is 8.78 Å². The van der Waals surface area contributed by atoms with E-state index in [0.717, 1.165) is 6.07 Å². The van der Waals surface area contributed by atoms with Gasteiger partial charge in [0.05, 0.1) is 20.3 Å². The molecule has 0 radical (unpaired) electrons. The Hall–Kier alpha value is -2.14. The summed E-state index contributed by atoms with van der Waals surface area (Å²) in [5.41, 5.74) is 0.661. The molecule has 0 saturated carbocycles. The molecule has 0 bridgehead atoms. The van der Waals surface area contributed by atoms with Crippen LogP contribution in [0.15, 0.2) is 36.4 Å². The molecule has 3 nitrogen and oxygen atoms in total. The van der Waals surface area contributed by atoms with Crippen molar-refractivity contribution in [2.45, 2.75) is 12.5 Å². The molecule has 0 saturated heterocycles. The summed E-state index contributed by atoms with van der Waals surface area (Å²) in [6.45, 7) is 0. The van der Waals surface area contributed by atoms with Crippen molar-refractivity contribution in [2.75, 3.05) is 14.2 Å². The fraction of sp³-hybridized carbons (Fsp3) is 0.250. The van der Waals surface area contributed by atoms with Crippen LogP contribution in [-0.2, 0) is 6.42 Å². The van der Waals surface area contributed by atoms with E-state index >= 15 is 0 Å². The third kappa shape index (κ3) is 3.31. The van der Waals surface area contributed by atoms with Crippen LogP contribution in [0.1, 0.15) is 17.2 Å². The maximum absolute atomic E-state index is 13.6. The lowest BCUT2D eigenvalue weighted by Gasteiger charge is -2.14. The average molecular weight is 294 g/mol. The number of benzene rings is 2. The van der Waals surface area contributed by atoms with E-state index in [9.17, 15) is 13.9 Å². The van der Waals surface area contributed by atoms with Gasteiger partial charge in [-0.15, -0.1) is 0 Å². The number of hydrogen-bond acceptors (Lipinski definition) is 3. The second kappa shape index (κ2) is 6.54. The van der Waals surface area contributed by atoms with Crippen molar-refractivity contribution < 1.29 is 23.4 Å². The van der Waals surface area contributed by atoms with Crippen molar-refractivity contribution in [1.29, 1.82) is 0 Å². The molecule has 0 aliphatic rings. The largest absolute Gasteiger partial charge is 0.493 e. The molecular weight excluding hydrogens is 278 g/mol. The zero-order chi connectivity index (χ0) is 15.4. The normalized spacial score (nSPS) is 12.0. The van der Waals surface area contributed by atoms with E-state index in [4.69, 9.17) is 9.47 Å².